The van der Waals surface area contributed by atoms with Crippen LogP contribution in [0.5, 0.6) is 0 Å². The minimum absolute atomic E-state index is 0.229. The van der Waals surface area contributed by atoms with E-state index in [4.69, 9.17) is 32.7 Å². The number of anilines is 1. The summed E-state index contributed by atoms with van der Waals surface area (Å²) in [6.07, 6.45) is 0.736. The topological polar surface area (TPSA) is 21.7 Å². The maximum absolute atomic E-state index is 5.85. The number of benzene rings is 1. The Hall–Kier alpha value is -0.480. The van der Waals surface area contributed by atoms with Crippen molar-refractivity contribution in [1.82, 2.24) is 0 Å². The minimum Gasteiger partial charge on any atom is -0.369 e. The lowest BCUT2D eigenvalue weighted by Gasteiger charge is -2.27. The standard InChI is InChI=1S/C15H21Cl2NO2/c1-12-11-13(18(7-5-16)8-6-17)3-4-14(12)15-19-9-2-10-20-15/h3-4,11,15H,2,5-10H2,1H3. The molecule has 5 heteroatoms. The summed E-state index contributed by atoms with van der Waals surface area (Å²) in [4.78, 5) is 2.19. The van der Waals surface area contributed by atoms with Crippen LogP contribution in [0.1, 0.15) is 23.8 Å². The second-order valence-corrected chi connectivity index (χ2v) is 5.59. The van der Waals surface area contributed by atoms with E-state index in [9.17, 15) is 0 Å². The molecule has 2 rings (SSSR count). The first-order valence-electron chi connectivity index (χ1n) is 6.97. The Balaban J connectivity index is 2.14. The van der Waals surface area contributed by atoms with Crippen molar-refractivity contribution in [2.45, 2.75) is 19.6 Å². The highest BCUT2D eigenvalue weighted by atomic mass is 35.5. The molecular weight excluding hydrogens is 297 g/mol. The zero-order valence-corrected chi connectivity index (χ0v) is 13.3. The minimum atomic E-state index is -0.229. The number of hydrogen-bond donors (Lipinski definition) is 0. The summed E-state index contributed by atoms with van der Waals surface area (Å²) in [5, 5.41) is 0. The summed E-state index contributed by atoms with van der Waals surface area (Å²) in [6, 6.07) is 6.31. The van der Waals surface area contributed by atoms with Crippen LogP contribution in [0.25, 0.3) is 0 Å². The molecular formula is C15H21Cl2NO2. The van der Waals surface area contributed by atoms with Gasteiger partial charge in [-0.2, -0.15) is 0 Å². The van der Waals surface area contributed by atoms with E-state index in [1.165, 1.54) is 5.56 Å². The molecule has 0 spiro atoms. The molecule has 0 saturated carbocycles. The highest BCUT2D eigenvalue weighted by Gasteiger charge is 2.19. The average Bonchev–Trinajstić information content (AvgIpc) is 2.48. The van der Waals surface area contributed by atoms with Gasteiger partial charge in [-0.3, -0.25) is 0 Å². The van der Waals surface area contributed by atoms with Crippen LogP contribution in [0.3, 0.4) is 0 Å². The molecule has 0 radical (unpaired) electrons. The molecule has 1 aliphatic rings. The van der Waals surface area contributed by atoms with Gasteiger partial charge in [-0.25, -0.2) is 0 Å². The predicted octanol–water partition coefficient (Wildman–Crippen LogP) is 3.71. The third-order valence-electron chi connectivity index (χ3n) is 3.41. The molecule has 20 heavy (non-hydrogen) atoms. The maximum Gasteiger partial charge on any atom is 0.184 e. The van der Waals surface area contributed by atoms with Crippen molar-refractivity contribution in [2.24, 2.45) is 0 Å². The van der Waals surface area contributed by atoms with E-state index < -0.39 is 0 Å². The van der Waals surface area contributed by atoms with E-state index in [1.807, 2.05) is 0 Å². The lowest BCUT2D eigenvalue weighted by molar-refractivity contribution is -0.183. The van der Waals surface area contributed by atoms with Gasteiger partial charge in [0, 0.05) is 36.1 Å². The van der Waals surface area contributed by atoms with Gasteiger partial charge in [-0.05, 0) is 31.0 Å². The van der Waals surface area contributed by atoms with E-state index in [2.05, 4.69) is 30.0 Å². The van der Waals surface area contributed by atoms with Gasteiger partial charge < -0.3 is 14.4 Å². The van der Waals surface area contributed by atoms with Gasteiger partial charge in [-0.1, -0.05) is 6.07 Å². The fourth-order valence-electron chi connectivity index (χ4n) is 2.36. The van der Waals surface area contributed by atoms with Crippen molar-refractivity contribution in [3.8, 4) is 0 Å². The van der Waals surface area contributed by atoms with Gasteiger partial charge in [-0.15, -0.1) is 23.2 Å². The first kappa shape index (κ1) is 15.9. The molecule has 0 amide bonds. The monoisotopic (exact) mass is 317 g/mol. The molecule has 0 unspecified atom stereocenters. The van der Waals surface area contributed by atoms with Crippen molar-refractivity contribution in [2.75, 3.05) is 43.0 Å². The van der Waals surface area contributed by atoms with Crippen molar-refractivity contribution >= 4 is 28.9 Å². The van der Waals surface area contributed by atoms with Gasteiger partial charge in [0.25, 0.3) is 0 Å². The van der Waals surface area contributed by atoms with E-state index in [-0.39, 0.29) is 6.29 Å². The Morgan fingerprint density at radius 1 is 1.15 bits per heavy atom. The van der Waals surface area contributed by atoms with Gasteiger partial charge in [0.05, 0.1) is 13.2 Å². The molecule has 0 N–H and O–H groups in total. The third-order valence-corrected chi connectivity index (χ3v) is 3.75. The number of nitrogens with zero attached hydrogens (tertiary/aromatic N) is 1. The van der Waals surface area contributed by atoms with E-state index in [1.54, 1.807) is 0 Å². The van der Waals surface area contributed by atoms with Crippen LogP contribution in [0.2, 0.25) is 0 Å². The fraction of sp³-hybridized carbons (Fsp3) is 0.600. The van der Waals surface area contributed by atoms with Crippen LogP contribution >= 0.6 is 23.2 Å². The number of alkyl halides is 2. The van der Waals surface area contributed by atoms with Crippen LogP contribution in [-0.4, -0.2) is 38.1 Å². The molecule has 0 aliphatic carbocycles. The number of aryl methyl sites for hydroxylation is 1. The lowest BCUT2D eigenvalue weighted by Crippen LogP contribution is -2.27. The lowest BCUT2D eigenvalue weighted by atomic mass is 10.1. The first-order chi connectivity index (χ1) is 9.76. The molecule has 1 aliphatic heterocycles. The number of halogens is 2. The second-order valence-electron chi connectivity index (χ2n) is 4.83. The molecule has 1 fully saturated rings. The molecule has 3 nitrogen and oxygen atoms in total. The molecule has 0 atom stereocenters. The van der Waals surface area contributed by atoms with Crippen molar-refractivity contribution in [3.63, 3.8) is 0 Å². The summed E-state index contributed by atoms with van der Waals surface area (Å²) in [7, 11) is 0. The largest absolute Gasteiger partial charge is 0.369 e. The summed E-state index contributed by atoms with van der Waals surface area (Å²) < 4.78 is 11.3. The average molecular weight is 318 g/mol. The third kappa shape index (κ3) is 4.01. The molecule has 112 valence electrons. The molecule has 1 aromatic rings. The number of rotatable bonds is 6. The van der Waals surface area contributed by atoms with Crippen LogP contribution in [-0.2, 0) is 9.47 Å². The number of ether oxygens (including phenoxy) is 2. The Kier molecular flexibility index (Phi) is 6.43. The van der Waals surface area contributed by atoms with E-state index in [0.29, 0.717) is 11.8 Å². The number of hydrogen-bond acceptors (Lipinski definition) is 3. The van der Waals surface area contributed by atoms with Crippen LogP contribution in [0.15, 0.2) is 18.2 Å². The SMILES string of the molecule is Cc1cc(N(CCCl)CCCl)ccc1C1OCCCO1. The quantitative estimate of drug-likeness (QED) is 0.746. The van der Waals surface area contributed by atoms with E-state index in [0.717, 1.165) is 44.0 Å². The maximum atomic E-state index is 5.85. The van der Waals surface area contributed by atoms with Crippen LogP contribution in [0, 0.1) is 6.92 Å². The summed E-state index contributed by atoms with van der Waals surface area (Å²) >= 11 is 11.7. The molecule has 0 aromatic heterocycles. The van der Waals surface area contributed by atoms with Gasteiger partial charge in [0.2, 0.25) is 0 Å². The highest BCUT2D eigenvalue weighted by molar-refractivity contribution is 6.18. The summed E-state index contributed by atoms with van der Waals surface area (Å²) in [5.41, 5.74) is 3.41. The summed E-state index contributed by atoms with van der Waals surface area (Å²) in [6.45, 7) is 5.19. The van der Waals surface area contributed by atoms with Gasteiger partial charge >= 0.3 is 0 Å². The molecule has 1 saturated heterocycles. The van der Waals surface area contributed by atoms with Crippen molar-refractivity contribution in [1.29, 1.82) is 0 Å². The second kappa shape index (κ2) is 8.08. The van der Waals surface area contributed by atoms with Crippen LogP contribution in [0.4, 0.5) is 5.69 Å². The molecule has 0 bridgehead atoms. The normalized spacial score (nSPS) is 16.4. The van der Waals surface area contributed by atoms with Crippen LogP contribution < -0.4 is 4.90 Å². The highest BCUT2D eigenvalue weighted by Crippen LogP contribution is 2.28. The molecule has 1 heterocycles. The smallest absolute Gasteiger partial charge is 0.184 e. The van der Waals surface area contributed by atoms with Gasteiger partial charge in [0.1, 0.15) is 0 Å². The zero-order valence-electron chi connectivity index (χ0n) is 11.8. The Morgan fingerprint density at radius 2 is 1.80 bits per heavy atom. The zero-order chi connectivity index (χ0) is 14.4. The van der Waals surface area contributed by atoms with Crippen molar-refractivity contribution < 1.29 is 9.47 Å². The predicted molar refractivity (Wildman–Crippen MR) is 84.1 cm³/mol. The van der Waals surface area contributed by atoms with Crippen molar-refractivity contribution in [3.05, 3.63) is 29.3 Å². The fourth-order valence-corrected chi connectivity index (χ4v) is 2.77. The van der Waals surface area contributed by atoms with Gasteiger partial charge in [0.15, 0.2) is 6.29 Å². The Bertz CT molecular complexity index is 416. The first-order valence-corrected chi connectivity index (χ1v) is 8.04. The Labute approximate surface area is 130 Å². The van der Waals surface area contributed by atoms with E-state index >= 15 is 0 Å². The summed E-state index contributed by atoms with van der Waals surface area (Å²) in [5.74, 6) is 1.18. The molecule has 1 aromatic carbocycles. The Morgan fingerprint density at radius 3 is 2.35 bits per heavy atom.